The van der Waals surface area contributed by atoms with Gasteiger partial charge in [-0.1, -0.05) is 24.3 Å². The molecule has 0 saturated heterocycles. The summed E-state index contributed by atoms with van der Waals surface area (Å²) in [6.07, 6.45) is 0. The highest BCUT2D eigenvalue weighted by Gasteiger charge is 2.42. The molecule has 10 heteroatoms. The van der Waals surface area contributed by atoms with Crippen molar-refractivity contribution in [2.75, 3.05) is 0 Å². The van der Waals surface area contributed by atoms with Gasteiger partial charge in [0.05, 0.1) is 22.2 Å². The third-order valence-corrected chi connectivity index (χ3v) is 18.9. The van der Waals surface area contributed by atoms with Crippen LogP contribution in [0, 0.1) is 0 Å². The van der Waals surface area contributed by atoms with Gasteiger partial charge in [-0.3, -0.25) is 0 Å². The molecule has 0 amide bonds. The summed E-state index contributed by atoms with van der Waals surface area (Å²) in [5.41, 5.74) is 18.8. The molecular formula is C66H74N10. The third kappa shape index (κ3) is 7.26. The summed E-state index contributed by atoms with van der Waals surface area (Å²) in [6.45, 7) is 32.1. The van der Waals surface area contributed by atoms with Gasteiger partial charge in [0.15, 0.2) is 0 Å². The first kappa shape index (κ1) is 49.2. The standard InChI is InChI=1S/C66H74N10/c1-59(2)43-21-25-47(67-43)61(5,6)51-29-33-55(71-51)65(13,56-34-30-52(72-56)62(7,8)48-26-22-44(59)68-48)39-17-15-19-41(37-39)75-76-42-20-16-18-40(38-42)66(14)57-35-31-53(73-57)63(9,10)49-27-23-45(69-49)60(3,4)46-24-28-50(70-46)64(11,12)54-32-36-58(66)74-54/h15-38,67-74H,1-14H3. The van der Waals surface area contributed by atoms with Gasteiger partial charge in [0.1, 0.15) is 0 Å². The largest absolute Gasteiger partial charge is 0.361 e. The first-order chi connectivity index (χ1) is 35.8. The molecule has 10 nitrogen and oxygen atoms in total. The molecule has 388 valence electrons. The van der Waals surface area contributed by atoms with Crippen molar-refractivity contribution in [3.05, 3.63) is 248 Å². The minimum absolute atomic E-state index is 0.258. The van der Waals surface area contributed by atoms with Crippen LogP contribution < -0.4 is 0 Å². The highest BCUT2D eigenvalue weighted by molar-refractivity contribution is 5.56. The summed E-state index contributed by atoms with van der Waals surface area (Å²) >= 11 is 0. The van der Waals surface area contributed by atoms with Crippen LogP contribution >= 0.6 is 0 Å². The van der Waals surface area contributed by atoms with E-state index in [4.69, 9.17) is 10.2 Å². The number of benzene rings is 2. The van der Waals surface area contributed by atoms with Crippen LogP contribution in [-0.2, 0) is 43.3 Å². The van der Waals surface area contributed by atoms with E-state index in [1.807, 2.05) is 12.1 Å². The predicted molar refractivity (Wildman–Crippen MR) is 307 cm³/mol. The Morgan fingerprint density at radius 3 is 0.592 bits per heavy atom. The quantitative estimate of drug-likeness (QED) is 0.0793. The fourth-order valence-electron chi connectivity index (χ4n) is 12.4. The van der Waals surface area contributed by atoms with Crippen LogP contribution in [0.15, 0.2) is 156 Å². The fourth-order valence-corrected chi connectivity index (χ4v) is 12.4. The Labute approximate surface area is 447 Å². The Morgan fingerprint density at radius 2 is 0.395 bits per heavy atom. The number of aromatic nitrogens is 8. The number of hydrogen-bond donors (Lipinski definition) is 8. The minimum atomic E-state index is -0.621. The van der Waals surface area contributed by atoms with Crippen LogP contribution in [0.4, 0.5) is 11.4 Å². The van der Waals surface area contributed by atoms with Gasteiger partial charge in [0.2, 0.25) is 0 Å². The maximum atomic E-state index is 5.01. The van der Waals surface area contributed by atoms with Crippen molar-refractivity contribution in [3.63, 3.8) is 0 Å². The lowest BCUT2D eigenvalue weighted by atomic mass is 9.76. The molecule has 16 bridgehead atoms. The Balaban J connectivity index is 0.933. The number of hydrogen-bond acceptors (Lipinski definition) is 2. The molecule has 0 saturated carbocycles. The summed E-state index contributed by atoms with van der Waals surface area (Å²) in [7, 11) is 0. The fraction of sp³-hybridized carbons (Fsp3) is 0.333. The zero-order valence-corrected chi connectivity index (χ0v) is 46.8. The van der Waals surface area contributed by atoms with E-state index in [1.54, 1.807) is 0 Å². The molecule has 2 aromatic carbocycles. The monoisotopic (exact) mass is 1010 g/mol. The van der Waals surface area contributed by atoms with Gasteiger partial charge in [-0.15, -0.1) is 0 Å². The third-order valence-electron chi connectivity index (χ3n) is 18.9. The lowest BCUT2D eigenvalue weighted by molar-refractivity contribution is 0.552. The number of nitrogens with zero attached hydrogens (tertiary/aromatic N) is 2. The molecule has 10 heterocycles. The number of rotatable bonds is 4. The average Bonchev–Trinajstić information content (AvgIpc) is 4.27. The average molecular weight is 1010 g/mol. The molecule has 0 radical (unpaired) electrons. The number of nitrogens with one attached hydrogen (secondary N) is 8. The summed E-state index contributed by atoms with van der Waals surface area (Å²) in [6, 6.07) is 53.1. The summed E-state index contributed by atoms with van der Waals surface area (Å²) in [4.78, 5) is 31.3. The zero-order chi connectivity index (χ0) is 53.6. The SMILES string of the molecule is CC1(C)c2ccc([nH]2)C(C)(C)c2ccc([nH]2)C(C)(c2cccc(N=Nc3cccc(C4(C)c5ccc([nH]5)C(C)(C)c5ccc([nH]5)C(C)(C)c5ccc([nH]5)C(C)(C)c5ccc4[nH]5)c3)c2)c2ccc([nH]2)C(C)(C)c2ccc1[nH]2. The van der Waals surface area contributed by atoms with Crippen LogP contribution in [0.3, 0.4) is 0 Å². The van der Waals surface area contributed by atoms with Crippen molar-refractivity contribution in [2.45, 2.75) is 140 Å². The van der Waals surface area contributed by atoms with Gasteiger partial charge >= 0.3 is 0 Å². The van der Waals surface area contributed by atoms with Crippen molar-refractivity contribution >= 4 is 11.4 Å². The molecule has 10 aromatic rings. The van der Waals surface area contributed by atoms with E-state index in [9.17, 15) is 0 Å². The van der Waals surface area contributed by atoms with E-state index < -0.39 is 10.8 Å². The molecule has 12 rings (SSSR count). The smallest absolute Gasteiger partial charge is 0.0860 e. The molecule has 76 heavy (non-hydrogen) atoms. The molecule has 0 aliphatic carbocycles. The van der Waals surface area contributed by atoms with Crippen molar-refractivity contribution in [1.29, 1.82) is 0 Å². The molecule has 8 aromatic heterocycles. The highest BCUT2D eigenvalue weighted by atomic mass is 15.1. The molecule has 2 aliphatic heterocycles. The van der Waals surface area contributed by atoms with E-state index >= 15 is 0 Å². The molecule has 0 unspecified atom stereocenters. The molecule has 8 N–H and O–H groups in total. The summed E-state index contributed by atoms with van der Waals surface area (Å²) < 4.78 is 0. The maximum absolute atomic E-state index is 5.01. The van der Waals surface area contributed by atoms with Crippen LogP contribution in [0.25, 0.3) is 0 Å². The predicted octanol–water partition coefficient (Wildman–Crippen LogP) is 16.0. The normalized spacial score (nSPS) is 19.2. The lowest BCUT2D eigenvalue weighted by Crippen LogP contribution is -2.29. The lowest BCUT2D eigenvalue weighted by Gasteiger charge is -2.31. The van der Waals surface area contributed by atoms with Crippen molar-refractivity contribution in [3.8, 4) is 0 Å². The van der Waals surface area contributed by atoms with Crippen molar-refractivity contribution < 1.29 is 0 Å². The Kier molecular flexibility index (Phi) is 10.6. The number of fused-ring (bicyclic) bond motifs is 16. The van der Waals surface area contributed by atoms with E-state index in [-0.39, 0.29) is 32.5 Å². The van der Waals surface area contributed by atoms with Gasteiger partial charge in [-0.25, -0.2) is 0 Å². The zero-order valence-electron chi connectivity index (χ0n) is 46.8. The van der Waals surface area contributed by atoms with Gasteiger partial charge in [0, 0.05) is 124 Å². The van der Waals surface area contributed by atoms with Crippen LogP contribution in [0.1, 0.15) is 199 Å². The van der Waals surface area contributed by atoms with Crippen molar-refractivity contribution in [1.82, 2.24) is 39.9 Å². The topological polar surface area (TPSA) is 151 Å². The number of H-pyrrole nitrogens is 8. The Bertz CT molecular complexity index is 3400. The van der Waals surface area contributed by atoms with Gasteiger partial charge in [-0.2, -0.15) is 10.2 Å². The van der Waals surface area contributed by atoms with E-state index in [2.05, 4.69) is 270 Å². The van der Waals surface area contributed by atoms with Gasteiger partial charge in [-0.05, 0) is 229 Å². The van der Waals surface area contributed by atoms with Gasteiger partial charge < -0.3 is 39.9 Å². The Hall–Kier alpha value is -7.72. The van der Waals surface area contributed by atoms with Crippen LogP contribution in [-0.4, -0.2) is 39.9 Å². The molecular weight excluding hydrogens is 933 g/mol. The molecule has 0 spiro atoms. The number of azo groups is 1. The summed E-state index contributed by atoms with van der Waals surface area (Å²) in [5, 5.41) is 10.0. The summed E-state index contributed by atoms with van der Waals surface area (Å²) in [5.74, 6) is 0. The second-order valence-corrected chi connectivity index (χ2v) is 25.6. The Morgan fingerprint density at radius 1 is 0.224 bits per heavy atom. The van der Waals surface area contributed by atoms with E-state index in [1.165, 1.54) is 22.8 Å². The molecule has 0 fully saturated rings. The number of aromatic amines is 8. The second kappa shape index (κ2) is 16.4. The molecule has 2 aliphatic rings. The second-order valence-electron chi connectivity index (χ2n) is 25.6. The molecule has 0 atom stereocenters. The van der Waals surface area contributed by atoms with E-state index in [0.29, 0.717) is 0 Å². The maximum Gasteiger partial charge on any atom is 0.0860 e. The van der Waals surface area contributed by atoms with Crippen molar-refractivity contribution in [2.24, 2.45) is 10.2 Å². The highest BCUT2D eigenvalue weighted by Crippen LogP contribution is 2.47. The first-order valence-corrected chi connectivity index (χ1v) is 27.1. The minimum Gasteiger partial charge on any atom is -0.361 e. The van der Waals surface area contributed by atoms with Gasteiger partial charge in [0.25, 0.3) is 0 Å². The van der Waals surface area contributed by atoms with Crippen LogP contribution in [0.2, 0.25) is 0 Å². The van der Waals surface area contributed by atoms with Crippen LogP contribution in [0.5, 0.6) is 0 Å². The first-order valence-electron chi connectivity index (χ1n) is 27.1. The van der Waals surface area contributed by atoms with E-state index in [0.717, 1.165) is 90.8 Å².